The highest BCUT2D eigenvalue weighted by Crippen LogP contribution is 2.29. The molecular formula is C15H19F3N2O4. The largest absolute Gasteiger partial charge is 0.416 e. The number of nitrogens with one attached hydrogen (secondary N) is 1. The molecule has 0 radical (unpaired) electrons. The van der Waals surface area contributed by atoms with Crippen LogP contribution < -0.4 is 11.1 Å². The average molecular weight is 348 g/mol. The standard InChI is InChI=1S/C15H19F3N2O4/c1-23-5-6-24-9-13(21)20-12(14(19)22)8-10-3-2-4-11(7-10)15(16,17)18/h2-4,7,12H,5-6,8-9H2,1H3,(H2,19,22)(H,20,21)/t12-/m1/s1. The number of methoxy groups -OCH3 is 1. The van der Waals surface area contributed by atoms with Crippen molar-refractivity contribution in [2.24, 2.45) is 5.73 Å². The number of primary amides is 1. The van der Waals surface area contributed by atoms with Crippen molar-refractivity contribution in [1.29, 1.82) is 0 Å². The summed E-state index contributed by atoms with van der Waals surface area (Å²) in [6.07, 6.45) is -4.64. The molecular weight excluding hydrogens is 329 g/mol. The lowest BCUT2D eigenvalue weighted by Gasteiger charge is -2.16. The van der Waals surface area contributed by atoms with Crippen molar-refractivity contribution in [2.45, 2.75) is 18.6 Å². The van der Waals surface area contributed by atoms with Crippen LogP contribution in [0.3, 0.4) is 0 Å². The van der Waals surface area contributed by atoms with Crippen molar-refractivity contribution in [3.63, 3.8) is 0 Å². The number of hydrogen-bond donors (Lipinski definition) is 2. The number of carbonyl (C=O) groups excluding carboxylic acids is 2. The van der Waals surface area contributed by atoms with Gasteiger partial charge in [0.25, 0.3) is 0 Å². The number of nitrogens with two attached hydrogens (primary N) is 1. The smallest absolute Gasteiger partial charge is 0.382 e. The highest BCUT2D eigenvalue weighted by atomic mass is 19.4. The minimum Gasteiger partial charge on any atom is -0.382 e. The molecule has 0 heterocycles. The summed E-state index contributed by atoms with van der Waals surface area (Å²) in [6, 6.07) is 3.35. The predicted molar refractivity (Wildman–Crippen MR) is 79.0 cm³/mol. The van der Waals surface area contributed by atoms with Crippen LogP contribution in [-0.2, 0) is 31.7 Å². The molecule has 24 heavy (non-hydrogen) atoms. The molecule has 2 amide bonds. The molecule has 0 aliphatic rings. The second-order valence-corrected chi connectivity index (χ2v) is 4.97. The van der Waals surface area contributed by atoms with E-state index in [1.54, 1.807) is 0 Å². The molecule has 0 fully saturated rings. The Morgan fingerprint density at radius 3 is 2.58 bits per heavy atom. The fourth-order valence-corrected chi connectivity index (χ4v) is 1.88. The highest BCUT2D eigenvalue weighted by Gasteiger charge is 2.30. The Morgan fingerprint density at radius 1 is 1.29 bits per heavy atom. The van der Waals surface area contributed by atoms with Crippen molar-refractivity contribution in [3.8, 4) is 0 Å². The Morgan fingerprint density at radius 2 is 2.00 bits per heavy atom. The van der Waals surface area contributed by atoms with Crippen LogP contribution in [-0.4, -0.2) is 44.8 Å². The summed E-state index contributed by atoms with van der Waals surface area (Å²) in [5.74, 6) is -1.44. The van der Waals surface area contributed by atoms with Crippen molar-refractivity contribution in [1.82, 2.24) is 5.32 Å². The predicted octanol–water partition coefficient (Wildman–Crippen LogP) is 0.881. The fourth-order valence-electron chi connectivity index (χ4n) is 1.88. The molecule has 1 aromatic carbocycles. The van der Waals surface area contributed by atoms with E-state index in [4.69, 9.17) is 15.2 Å². The molecule has 0 spiro atoms. The van der Waals surface area contributed by atoms with E-state index in [0.29, 0.717) is 6.61 Å². The van der Waals surface area contributed by atoms with Gasteiger partial charge in [0, 0.05) is 13.5 Å². The second kappa shape index (κ2) is 9.24. The minimum absolute atomic E-state index is 0.150. The van der Waals surface area contributed by atoms with E-state index < -0.39 is 29.6 Å². The van der Waals surface area contributed by atoms with Crippen molar-refractivity contribution in [3.05, 3.63) is 35.4 Å². The molecule has 0 aromatic heterocycles. The lowest BCUT2D eigenvalue weighted by Crippen LogP contribution is -2.47. The molecule has 0 aliphatic carbocycles. The summed E-state index contributed by atoms with van der Waals surface area (Å²) in [6.45, 7) is 0.186. The fraction of sp³-hybridized carbons (Fsp3) is 0.467. The number of benzene rings is 1. The molecule has 134 valence electrons. The quantitative estimate of drug-likeness (QED) is 0.648. The van der Waals surface area contributed by atoms with E-state index in [1.807, 2.05) is 0 Å². The van der Waals surface area contributed by atoms with Gasteiger partial charge in [-0.05, 0) is 11.6 Å². The first-order valence-electron chi connectivity index (χ1n) is 7.05. The topological polar surface area (TPSA) is 90.7 Å². The minimum atomic E-state index is -4.49. The van der Waals surface area contributed by atoms with Gasteiger partial charge in [0.1, 0.15) is 12.6 Å². The molecule has 9 heteroatoms. The zero-order valence-electron chi connectivity index (χ0n) is 13.1. The Bertz CT molecular complexity index is 564. The molecule has 0 saturated heterocycles. The van der Waals surface area contributed by atoms with Gasteiger partial charge in [-0.25, -0.2) is 0 Å². The third kappa shape index (κ3) is 6.97. The van der Waals surface area contributed by atoms with E-state index in [1.165, 1.54) is 19.2 Å². The number of halogens is 3. The maximum Gasteiger partial charge on any atom is 0.416 e. The van der Waals surface area contributed by atoms with Crippen LogP contribution in [0.25, 0.3) is 0 Å². The zero-order valence-corrected chi connectivity index (χ0v) is 13.1. The van der Waals surface area contributed by atoms with Gasteiger partial charge in [0.2, 0.25) is 11.8 Å². The van der Waals surface area contributed by atoms with Crippen LogP contribution in [0.1, 0.15) is 11.1 Å². The van der Waals surface area contributed by atoms with Crippen LogP contribution >= 0.6 is 0 Å². The maximum atomic E-state index is 12.7. The summed E-state index contributed by atoms with van der Waals surface area (Å²) in [5, 5.41) is 2.34. The molecule has 0 saturated carbocycles. The Hall–Kier alpha value is -2.13. The van der Waals surface area contributed by atoms with E-state index in [2.05, 4.69) is 5.32 Å². The van der Waals surface area contributed by atoms with E-state index >= 15 is 0 Å². The Kier molecular flexibility index (Phi) is 7.66. The lowest BCUT2D eigenvalue weighted by atomic mass is 10.0. The lowest BCUT2D eigenvalue weighted by molar-refractivity contribution is -0.137. The molecule has 6 nitrogen and oxygen atoms in total. The van der Waals surface area contributed by atoms with Crippen LogP contribution in [0, 0.1) is 0 Å². The summed E-state index contributed by atoms with van der Waals surface area (Å²) in [7, 11) is 1.47. The first-order chi connectivity index (χ1) is 11.2. The van der Waals surface area contributed by atoms with Crippen LogP contribution in [0.2, 0.25) is 0 Å². The molecule has 0 aliphatic heterocycles. The van der Waals surface area contributed by atoms with E-state index in [0.717, 1.165) is 12.1 Å². The number of carbonyl (C=O) groups is 2. The number of ether oxygens (including phenoxy) is 2. The summed E-state index contributed by atoms with van der Waals surface area (Å²) >= 11 is 0. The number of alkyl halides is 3. The van der Waals surface area contributed by atoms with Crippen LogP contribution in [0.5, 0.6) is 0 Å². The summed E-state index contributed by atoms with van der Waals surface area (Å²) in [5.41, 5.74) is 4.59. The van der Waals surface area contributed by atoms with Crippen molar-refractivity contribution >= 4 is 11.8 Å². The van der Waals surface area contributed by atoms with Gasteiger partial charge in [-0.2, -0.15) is 13.2 Å². The Balaban J connectivity index is 2.67. The Labute approximate surface area is 137 Å². The average Bonchev–Trinajstić information content (AvgIpc) is 2.50. The van der Waals surface area contributed by atoms with Crippen molar-refractivity contribution < 1.29 is 32.2 Å². The molecule has 1 rings (SSSR count). The van der Waals surface area contributed by atoms with Gasteiger partial charge in [0.05, 0.1) is 18.8 Å². The van der Waals surface area contributed by atoms with Crippen molar-refractivity contribution in [2.75, 3.05) is 26.9 Å². The van der Waals surface area contributed by atoms with Gasteiger partial charge in [-0.1, -0.05) is 18.2 Å². The molecule has 1 atom stereocenters. The maximum absolute atomic E-state index is 12.7. The van der Waals surface area contributed by atoms with Gasteiger partial charge in [-0.15, -0.1) is 0 Å². The van der Waals surface area contributed by atoms with Gasteiger partial charge >= 0.3 is 6.18 Å². The zero-order chi connectivity index (χ0) is 18.2. The van der Waals surface area contributed by atoms with Crippen LogP contribution in [0.4, 0.5) is 13.2 Å². The number of amides is 2. The van der Waals surface area contributed by atoms with E-state index in [9.17, 15) is 22.8 Å². The first kappa shape index (κ1) is 19.9. The molecule has 3 N–H and O–H groups in total. The molecule has 0 bridgehead atoms. The molecule has 1 aromatic rings. The van der Waals surface area contributed by atoms with Gasteiger partial charge < -0.3 is 20.5 Å². The monoisotopic (exact) mass is 348 g/mol. The van der Waals surface area contributed by atoms with E-state index in [-0.39, 0.29) is 25.2 Å². The summed E-state index contributed by atoms with van der Waals surface area (Å²) in [4.78, 5) is 23.1. The molecule has 0 unspecified atom stereocenters. The third-order valence-electron chi connectivity index (χ3n) is 3.04. The first-order valence-corrected chi connectivity index (χ1v) is 7.05. The SMILES string of the molecule is COCCOCC(=O)N[C@H](Cc1cccc(C(F)(F)F)c1)C(N)=O. The van der Waals surface area contributed by atoms with Crippen LogP contribution in [0.15, 0.2) is 24.3 Å². The number of hydrogen-bond acceptors (Lipinski definition) is 4. The number of rotatable bonds is 9. The second-order valence-electron chi connectivity index (χ2n) is 4.97. The van der Waals surface area contributed by atoms with Gasteiger partial charge in [-0.3, -0.25) is 9.59 Å². The van der Waals surface area contributed by atoms with Gasteiger partial charge in [0.15, 0.2) is 0 Å². The third-order valence-corrected chi connectivity index (χ3v) is 3.04. The summed E-state index contributed by atoms with van der Waals surface area (Å²) < 4.78 is 47.8. The highest BCUT2D eigenvalue weighted by molar-refractivity contribution is 5.87. The normalized spacial score (nSPS) is 12.7.